The van der Waals surface area contributed by atoms with Crippen molar-refractivity contribution < 1.29 is 19.2 Å². The summed E-state index contributed by atoms with van der Waals surface area (Å²) >= 11 is 0. The molecule has 144 valence electrons. The molecule has 0 bridgehead atoms. The molecule has 0 fully saturated rings. The van der Waals surface area contributed by atoms with E-state index in [-0.39, 0.29) is 24.9 Å². The van der Waals surface area contributed by atoms with E-state index in [1.165, 1.54) is 5.56 Å². The SMILES string of the molecule is CC[NH+](CC(=O)Nc1ccc(OC)cc1)CC(=O)Nc1ccc(C)c(C)c1. The zero-order valence-electron chi connectivity index (χ0n) is 16.4. The summed E-state index contributed by atoms with van der Waals surface area (Å²) in [5.74, 6) is 0.500. The predicted molar refractivity (Wildman–Crippen MR) is 107 cm³/mol. The third-order valence-electron chi connectivity index (χ3n) is 4.49. The molecule has 0 spiro atoms. The second kappa shape index (κ2) is 9.73. The maximum Gasteiger partial charge on any atom is 0.279 e. The fraction of sp³-hybridized carbons (Fsp3) is 0.333. The largest absolute Gasteiger partial charge is 0.497 e. The molecular weight excluding hydrogens is 342 g/mol. The van der Waals surface area contributed by atoms with Crippen molar-refractivity contribution in [3.8, 4) is 5.75 Å². The summed E-state index contributed by atoms with van der Waals surface area (Å²) in [6.45, 7) is 7.14. The molecule has 0 aliphatic heterocycles. The number of hydrogen-bond acceptors (Lipinski definition) is 3. The molecule has 0 aromatic heterocycles. The van der Waals surface area contributed by atoms with E-state index in [1.54, 1.807) is 31.4 Å². The Kier molecular flexibility index (Phi) is 7.37. The molecule has 6 nitrogen and oxygen atoms in total. The Morgan fingerprint density at radius 1 is 0.889 bits per heavy atom. The van der Waals surface area contributed by atoms with Crippen LogP contribution in [0.15, 0.2) is 42.5 Å². The Bertz CT molecular complexity index is 788. The number of anilines is 2. The zero-order chi connectivity index (χ0) is 19.8. The van der Waals surface area contributed by atoms with Crippen LogP contribution in [0.1, 0.15) is 18.1 Å². The standard InChI is InChI=1S/C21H27N3O3/c1-5-24(13-20(25)22-17-8-10-19(27-4)11-9-17)14-21(26)23-18-7-6-15(2)16(3)12-18/h6-12H,5,13-14H2,1-4H3,(H,22,25)(H,23,26)/p+1. The monoisotopic (exact) mass is 370 g/mol. The van der Waals surface area contributed by atoms with Gasteiger partial charge in [0.15, 0.2) is 13.1 Å². The smallest absolute Gasteiger partial charge is 0.279 e. The highest BCUT2D eigenvalue weighted by atomic mass is 16.5. The summed E-state index contributed by atoms with van der Waals surface area (Å²) in [6.07, 6.45) is 0. The number of rotatable bonds is 8. The van der Waals surface area contributed by atoms with Crippen LogP contribution in [0, 0.1) is 13.8 Å². The molecule has 3 N–H and O–H groups in total. The van der Waals surface area contributed by atoms with Gasteiger partial charge >= 0.3 is 0 Å². The van der Waals surface area contributed by atoms with Crippen LogP contribution in [0.5, 0.6) is 5.75 Å². The zero-order valence-corrected chi connectivity index (χ0v) is 16.4. The van der Waals surface area contributed by atoms with E-state index < -0.39 is 0 Å². The number of carbonyl (C=O) groups excluding carboxylic acids is 2. The van der Waals surface area contributed by atoms with E-state index in [2.05, 4.69) is 10.6 Å². The number of quaternary nitrogens is 1. The second-order valence-corrected chi connectivity index (χ2v) is 6.58. The van der Waals surface area contributed by atoms with Crippen LogP contribution in [0.3, 0.4) is 0 Å². The van der Waals surface area contributed by atoms with E-state index in [0.717, 1.165) is 21.9 Å². The molecule has 27 heavy (non-hydrogen) atoms. The fourth-order valence-corrected chi connectivity index (χ4v) is 2.67. The normalized spacial score (nSPS) is 11.6. The highest BCUT2D eigenvalue weighted by Gasteiger charge is 2.17. The Morgan fingerprint density at radius 3 is 1.96 bits per heavy atom. The molecule has 0 aliphatic rings. The van der Waals surface area contributed by atoms with Gasteiger partial charge in [0, 0.05) is 11.4 Å². The lowest BCUT2D eigenvalue weighted by atomic mass is 10.1. The van der Waals surface area contributed by atoms with E-state index in [4.69, 9.17) is 4.74 Å². The molecule has 0 saturated heterocycles. The number of nitrogens with one attached hydrogen (secondary N) is 3. The van der Waals surface area contributed by atoms with Crippen molar-refractivity contribution >= 4 is 23.2 Å². The van der Waals surface area contributed by atoms with Gasteiger partial charge in [-0.25, -0.2) is 0 Å². The van der Waals surface area contributed by atoms with Gasteiger partial charge in [0.25, 0.3) is 11.8 Å². The molecule has 2 aromatic rings. The van der Waals surface area contributed by atoms with Crippen LogP contribution < -0.4 is 20.3 Å². The lowest BCUT2D eigenvalue weighted by molar-refractivity contribution is -0.881. The summed E-state index contributed by atoms with van der Waals surface area (Å²) in [5.41, 5.74) is 3.80. The van der Waals surface area contributed by atoms with Crippen molar-refractivity contribution in [1.82, 2.24) is 0 Å². The molecule has 6 heteroatoms. The molecule has 0 heterocycles. The van der Waals surface area contributed by atoms with Crippen LogP contribution in [0.4, 0.5) is 11.4 Å². The Hall–Kier alpha value is -2.86. The van der Waals surface area contributed by atoms with Gasteiger partial charge in [-0.05, 0) is 68.3 Å². The number of ether oxygens (including phenoxy) is 1. The number of likely N-dealkylation sites (N-methyl/N-ethyl adjacent to an activating group) is 1. The fourth-order valence-electron chi connectivity index (χ4n) is 2.67. The van der Waals surface area contributed by atoms with Gasteiger partial charge in [-0.3, -0.25) is 9.59 Å². The molecular formula is C21H28N3O3+. The van der Waals surface area contributed by atoms with Crippen LogP contribution in [0.2, 0.25) is 0 Å². The molecule has 0 aliphatic carbocycles. The predicted octanol–water partition coefficient (Wildman–Crippen LogP) is 1.79. The number of aryl methyl sites for hydroxylation is 2. The van der Waals surface area contributed by atoms with Crippen molar-refractivity contribution in [2.24, 2.45) is 0 Å². The maximum atomic E-state index is 12.3. The van der Waals surface area contributed by atoms with Gasteiger partial charge in [-0.15, -0.1) is 0 Å². The minimum absolute atomic E-state index is 0.104. The van der Waals surface area contributed by atoms with E-state index >= 15 is 0 Å². The van der Waals surface area contributed by atoms with Gasteiger partial charge in [0.1, 0.15) is 5.75 Å². The van der Waals surface area contributed by atoms with Crippen LogP contribution in [-0.4, -0.2) is 38.6 Å². The Balaban J connectivity index is 1.86. The van der Waals surface area contributed by atoms with Crippen LogP contribution in [0.25, 0.3) is 0 Å². The summed E-state index contributed by atoms with van der Waals surface area (Å²) in [5, 5.41) is 5.75. The maximum absolute atomic E-state index is 12.3. The lowest BCUT2D eigenvalue weighted by Gasteiger charge is -2.17. The Labute approximate surface area is 160 Å². The molecule has 0 radical (unpaired) electrons. The molecule has 1 unspecified atom stereocenters. The first-order valence-electron chi connectivity index (χ1n) is 9.05. The molecule has 1 atom stereocenters. The van der Waals surface area contributed by atoms with Gasteiger partial charge in [-0.1, -0.05) is 6.07 Å². The van der Waals surface area contributed by atoms with E-state index in [0.29, 0.717) is 12.2 Å². The van der Waals surface area contributed by atoms with E-state index in [9.17, 15) is 9.59 Å². The van der Waals surface area contributed by atoms with Crippen LogP contribution >= 0.6 is 0 Å². The first-order chi connectivity index (χ1) is 12.9. The highest BCUT2D eigenvalue weighted by molar-refractivity contribution is 5.93. The Morgan fingerprint density at radius 2 is 1.44 bits per heavy atom. The average molecular weight is 370 g/mol. The number of benzene rings is 2. The van der Waals surface area contributed by atoms with Crippen molar-refractivity contribution in [2.75, 3.05) is 37.4 Å². The minimum Gasteiger partial charge on any atom is -0.497 e. The third-order valence-corrected chi connectivity index (χ3v) is 4.49. The van der Waals surface area contributed by atoms with Crippen molar-refractivity contribution in [3.05, 3.63) is 53.6 Å². The first kappa shape index (κ1) is 20.5. The number of methoxy groups -OCH3 is 1. The van der Waals surface area contributed by atoms with Crippen LogP contribution in [-0.2, 0) is 9.59 Å². The summed E-state index contributed by atoms with van der Waals surface area (Å²) < 4.78 is 5.10. The summed E-state index contributed by atoms with van der Waals surface area (Å²) in [6, 6.07) is 13.0. The summed E-state index contributed by atoms with van der Waals surface area (Å²) in [4.78, 5) is 25.5. The van der Waals surface area contributed by atoms with Gasteiger partial charge in [-0.2, -0.15) is 0 Å². The molecule has 0 saturated carbocycles. The number of amides is 2. The molecule has 2 aromatic carbocycles. The molecule has 2 amide bonds. The lowest BCUT2D eigenvalue weighted by Crippen LogP contribution is -3.13. The quantitative estimate of drug-likeness (QED) is 0.663. The number of carbonyl (C=O) groups is 2. The van der Waals surface area contributed by atoms with E-state index in [1.807, 2.05) is 39.0 Å². The highest BCUT2D eigenvalue weighted by Crippen LogP contribution is 2.15. The van der Waals surface area contributed by atoms with Gasteiger partial charge in [0.2, 0.25) is 0 Å². The molecule has 2 rings (SSSR count). The topological polar surface area (TPSA) is 71.9 Å². The average Bonchev–Trinajstić information content (AvgIpc) is 2.64. The third kappa shape index (κ3) is 6.42. The second-order valence-electron chi connectivity index (χ2n) is 6.58. The van der Waals surface area contributed by atoms with Gasteiger partial charge in [0.05, 0.1) is 13.7 Å². The first-order valence-corrected chi connectivity index (χ1v) is 9.05. The minimum atomic E-state index is -0.129. The van der Waals surface area contributed by atoms with Crippen molar-refractivity contribution in [2.45, 2.75) is 20.8 Å². The van der Waals surface area contributed by atoms with Crippen molar-refractivity contribution in [3.63, 3.8) is 0 Å². The van der Waals surface area contributed by atoms with Gasteiger partial charge < -0.3 is 20.3 Å². The van der Waals surface area contributed by atoms with Crippen molar-refractivity contribution in [1.29, 1.82) is 0 Å². The summed E-state index contributed by atoms with van der Waals surface area (Å²) in [7, 11) is 1.60. The number of hydrogen-bond donors (Lipinski definition) is 3.